The molecular formula is C9H7BrFN3S2. The topological polar surface area (TPSA) is 51.8 Å². The van der Waals surface area contributed by atoms with Crippen molar-refractivity contribution in [2.24, 2.45) is 0 Å². The summed E-state index contributed by atoms with van der Waals surface area (Å²) in [6, 6.07) is 4.81. The van der Waals surface area contributed by atoms with Gasteiger partial charge in [0.05, 0.1) is 0 Å². The summed E-state index contributed by atoms with van der Waals surface area (Å²) >= 11 is 6.07. The Hall–Kier alpha value is -0.660. The van der Waals surface area contributed by atoms with E-state index >= 15 is 0 Å². The molecule has 1 aromatic carbocycles. The van der Waals surface area contributed by atoms with Gasteiger partial charge in [-0.2, -0.15) is 0 Å². The van der Waals surface area contributed by atoms with E-state index in [9.17, 15) is 4.39 Å². The van der Waals surface area contributed by atoms with Crippen LogP contribution < -0.4 is 5.73 Å². The van der Waals surface area contributed by atoms with E-state index in [4.69, 9.17) is 5.73 Å². The molecule has 3 nitrogen and oxygen atoms in total. The number of nitrogens with two attached hydrogens (primary N) is 1. The highest BCUT2D eigenvalue weighted by Gasteiger charge is 2.04. The first kappa shape index (κ1) is 11.8. The van der Waals surface area contributed by atoms with Gasteiger partial charge in [0.1, 0.15) is 5.82 Å². The number of thioether (sulfide) groups is 1. The molecule has 0 atom stereocenters. The fraction of sp³-hybridized carbons (Fsp3) is 0.111. The lowest BCUT2D eigenvalue weighted by Gasteiger charge is -2.00. The van der Waals surface area contributed by atoms with Gasteiger partial charge < -0.3 is 5.73 Å². The van der Waals surface area contributed by atoms with Gasteiger partial charge >= 0.3 is 0 Å². The number of anilines is 1. The molecule has 1 heterocycles. The minimum absolute atomic E-state index is 0.248. The van der Waals surface area contributed by atoms with Crippen LogP contribution in [0.1, 0.15) is 5.56 Å². The van der Waals surface area contributed by atoms with E-state index in [0.717, 1.165) is 14.4 Å². The van der Waals surface area contributed by atoms with Crippen molar-refractivity contribution >= 4 is 44.2 Å². The summed E-state index contributed by atoms with van der Waals surface area (Å²) in [4.78, 5) is 0. The minimum Gasteiger partial charge on any atom is -0.374 e. The zero-order valence-electron chi connectivity index (χ0n) is 7.98. The Kier molecular flexibility index (Phi) is 3.78. The standard InChI is InChI=1S/C9H7BrFN3S2/c10-6-1-5(2-7(11)3-6)4-15-9-14-13-8(12)16-9/h1-3H,4H2,(H2,12,13). The molecule has 0 bridgehead atoms. The second-order valence-corrected chi connectivity index (χ2v) is 6.12. The van der Waals surface area contributed by atoms with Crippen LogP contribution in [0.15, 0.2) is 27.0 Å². The molecular weight excluding hydrogens is 313 g/mol. The average Bonchev–Trinajstić information content (AvgIpc) is 2.60. The number of rotatable bonds is 3. The maximum absolute atomic E-state index is 13.1. The number of hydrogen-bond donors (Lipinski definition) is 1. The molecule has 0 aliphatic carbocycles. The van der Waals surface area contributed by atoms with Gasteiger partial charge in [-0.25, -0.2) is 4.39 Å². The van der Waals surface area contributed by atoms with Crippen LogP contribution in [0.2, 0.25) is 0 Å². The van der Waals surface area contributed by atoms with Crippen molar-refractivity contribution in [3.63, 3.8) is 0 Å². The highest BCUT2D eigenvalue weighted by molar-refractivity contribution is 9.10. The van der Waals surface area contributed by atoms with Gasteiger partial charge in [0, 0.05) is 10.2 Å². The Morgan fingerprint density at radius 3 is 2.81 bits per heavy atom. The highest BCUT2D eigenvalue weighted by atomic mass is 79.9. The molecule has 0 saturated heterocycles. The van der Waals surface area contributed by atoms with Crippen molar-refractivity contribution in [3.05, 3.63) is 34.1 Å². The van der Waals surface area contributed by atoms with Gasteiger partial charge in [-0.3, -0.25) is 0 Å². The highest BCUT2D eigenvalue weighted by Crippen LogP contribution is 2.28. The molecule has 2 N–H and O–H groups in total. The molecule has 0 unspecified atom stereocenters. The summed E-state index contributed by atoms with van der Waals surface area (Å²) in [6.07, 6.45) is 0. The summed E-state index contributed by atoms with van der Waals surface area (Å²) < 4.78 is 14.6. The summed E-state index contributed by atoms with van der Waals surface area (Å²) in [7, 11) is 0. The van der Waals surface area contributed by atoms with E-state index in [0.29, 0.717) is 10.9 Å². The molecule has 16 heavy (non-hydrogen) atoms. The maximum Gasteiger partial charge on any atom is 0.203 e. The van der Waals surface area contributed by atoms with E-state index in [2.05, 4.69) is 26.1 Å². The van der Waals surface area contributed by atoms with Crippen molar-refractivity contribution in [1.29, 1.82) is 0 Å². The van der Waals surface area contributed by atoms with Crippen LogP contribution in [0.25, 0.3) is 0 Å². The van der Waals surface area contributed by atoms with Gasteiger partial charge in [0.15, 0.2) is 4.34 Å². The van der Waals surface area contributed by atoms with Crippen LogP contribution in [0.5, 0.6) is 0 Å². The minimum atomic E-state index is -0.248. The second kappa shape index (κ2) is 5.11. The van der Waals surface area contributed by atoms with Crippen LogP contribution >= 0.6 is 39.0 Å². The Labute approximate surface area is 108 Å². The summed E-state index contributed by atoms with van der Waals surface area (Å²) in [5.41, 5.74) is 6.35. The predicted octanol–water partition coefficient (Wildman–Crippen LogP) is 3.31. The van der Waals surface area contributed by atoms with Crippen molar-refractivity contribution in [1.82, 2.24) is 10.2 Å². The van der Waals surface area contributed by atoms with Crippen LogP contribution in [-0.4, -0.2) is 10.2 Å². The zero-order chi connectivity index (χ0) is 11.5. The van der Waals surface area contributed by atoms with E-state index in [1.807, 2.05) is 6.07 Å². The first-order chi connectivity index (χ1) is 7.63. The Morgan fingerprint density at radius 1 is 1.38 bits per heavy atom. The van der Waals surface area contributed by atoms with Crippen molar-refractivity contribution in [2.45, 2.75) is 10.1 Å². The SMILES string of the molecule is Nc1nnc(SCc2cc(F)cc(Br)c2)s1. The third kappa shape index (κ3) is 3.16. The van der Waals surface area contributed by atoms with E-state index in [-0.39, 0.29) is 5.82 Å². The van der Waals surface area contributed by atoms with Gasteiger partial charge in [0.2, 0.25) is 5.13 Å². The Balaban J connectivity index is 2.04. The molecule has 0 aliphatic heterocycles. The molecule has 2 aromatic rings. The fourth-order valence-electron chi connectivity index (χ4n) is 1.12. The fourth-order valence-corrected chi connectivity index (χ4v) is 3.20. The first-order valence-corrected chi connectivity index (χ1v) is 6.90. The van der Waals surface area contributed by atoms with Crippen LogP contribution in [0, 0.1) is 5.82 Å². The largest absolute Gasteiger partial charge is 0.374 e. The second-order valence-electron chi connectivity index (χ2n) is 2.97. The molecule has 0 radical (unpaired) electrons. The van der Waals surface area contributed by atoms with Gasteiger partial charge in [-0.1, -0.05) is 39.0 Å². The molecule has 1 aromatic heterocycles. The quantitative estimate of drug-likeness (QED) is 0.882. The molecule has 0 spiro atoms. The average molecular weight is 320 g/mol. The lowest BCUT2D eigenvalue weighted by molar-refractivity contribution is 0.625. The van der Waals surface area contributed by atoms with E-state index in [1.54, 1.807) is 0 Å². The number of hydrogen-bond acceptors (Lipinski definition) is 5. The van der Waals surface area contributed by atoms with Crippen LogP contribution in [0.3, 0.4) is 0 Å². The number of halogens is 2. The van der Waals surface area contributed by atoms with Crippen molar-refractivity contribution in [3.8, 4) is 0 Å². The van der Waals surface area contributed by atoms with Crippen LogP contribution in [0.4, 0.5) is 9.52 Å². The lowest BCUT2D eigenvalue weighted by Crippen LogP contribution is -1.84. The van der Waals surface area contributed by atoms with E-state index in [1.165, 1.54) is 35.2 Å². The van der Waals surface area contributed by atoms with Crippen LogP contribution in [-0.2, 0) is 5.75 Å². The number of nitrogens with zero attached hydrogens (tertiary/aromatic N) is 2. The molecule has 2 rings (SSSR count). The van der Waals surface area contributed by atoms with Gasteiger partial charge in [-0.15, -0.1) is 10.2 Å². The van der Waals surface area contributed by atoms with E-state index < -0.39 is 0 Å². The third-order valence-electron chi connectivity index (χ3n) is 1.71. The number of nitrogen functional groups attached to an aromatic ring is 1. The molecule has 0 aliphatic rings. The zero-order valence-corrected chi connectivity index (χ0v) is 11.2. The molecule has 84 valence electrons. The smallest absolute Gasteiger partial charge is 0.203 e. The third-order valence-corrected chi connectivity index (χ3v) is 4.12. The normalized spacial score (nSPS) is 10.6. The predicted molar refractivity (Wildman–Crippen MR) is 68.0 cm³/mol. The maximum atomic E-state index is 13.1. The van der Waals surface area contributed by atoms with Gasteiger partial charge in [-0.05, 0) is 23.8 Å². The number of benzene rings is 1. The molecule has 0 saturated carbocycles. The summed E-state index contributed by atoms with van der Waals surface area (Å²) in [5.74, 6) is 0.395. The van der Waals surface area contributed by atoms with Gasteiger partial charge in [0.25, 0.3) is 0 Å². The molecule has 0 amide bonds. The van der Waals surface area contributed by atoms with Crippen molar-refractivity contribution in [2.75, 3.05) is 5.73 Å². The summed E-state index contributed by atoms with van der Waals surface area (Å²) in [5, 5.41) is 8.03. The number of aromatic nitrogens is 2. The molecule has 0 fully saturated rings. The lowest BCUT2D eigenvalue weighted by atomic mass is 10.2. The monoisotopic (exact) mass is 319 g/mol. The Morgan fingerprint density at radius 2 is 2.19 bits per heavy atom. The Bertz CT molecular complexity index is 483. The first-order valence-electron chi connectivity index (χ1n) is 4.30. The summed E-state index contributed by atoms with van der Waals surface area (Å²) in [6.45, 7) is 0. The van der Waals surface area contributed by atoms with Crippen molar-refractivity contribution < 1.29 is 4.39 Å². The molecule has 7 heteroatoms.